The number of nitrogens with zero attached hydrogens (tertiary/aromatic N) is 1. The first-order valence-electron chi connectivity index (χ1n) is 10.3. The summed E-state index contributed by atoms with van der Waals surface area (Å²) in [5.74, 6) is 2.29. The van der Waals surface area contributed by atoms with Crippen molar-refractivity contribution in [3.63, 3.8) is 0 Å². The van der Waals surface area contributed by atoms with Gasteiger partial charge in [0.25, 0.3) is 0 Å². The minimum absolute atomic E-state index is 0.105. The molecule has 3 aromatic rings. The number of nitrogens with one attached hydrogen (secondary N) is 1. The molecule has 0 aliphatic carbocycles. The van der Waals surface area contributed by atoms with E-state index in [9.17, 15) is 13.2 Å². The van der Waals surface area contributed by atoms with Crippen LogP contribution in [0.3, 0.4) is 0 Å². The molecule has 2 N–H and O–H groups in total. The molecule has 0 bridgehead atoms. The second kappa shape index (κ2) is 10.7. The first-order chi connectivity index (χ1) is 15.3. The van der Waals surface area contributed by atoms with Gasteiger partial charge < -0.3 is 19.7 Å². The number of aryl methyl sites for hydroxylation is 1. The van der Waals surface area contributed by atoms with Crippen molar-refractivity contribution in [1.82, 2.24) is 4.98 Å². The summed E-state index contributed by atoms with van der Waals surface area (Å²) in [5.41, 5.74) is 1.94. The van der Waals surface area contributed by atoms with E-state index in [0.717, 1.165) is 40.8 Å². The lowest BCUT2D eigenvalue weighted by Gasteiger charge is -2.11. The number of aliphatic hydroxyl groups is 1. The highest BCUT2D eigenvalue weighted by atomic mass is 19.4. The van der Waals surface area contributed by atoms with Crippen molar-refractivity contribution in [3.8, 4) is 5.75 Å². The van der Waals surface area contributed by atoms with Gasteiger partial charge in [0.15, 0.2) is 5.89 Å². The summed E-state index contributed by atoms with van der Waals surface area (Å²) in [5, 5.41) is 16.1. The molecule has 0 aliphatic rings. The Morgan fingerprint density at radius 2 is 1.61 bits per heavy atom. The lowest BCUT2D eigenvalue weighted by molar-refractivity contribution is -0.137. The van der Waals surface area contributed by atoms with Crippen LogP contribution in [0.1, 0.15) is 61.7 Å². The van der Waals surface area contributed by atoms with Crippen LogP contribution in [0.25, 0.3) is 0 Å². The van der Waals surface area contributed by atoms with Gasteiger partial charge in [0.2, 0.25) is 0 Å². The van der Waals surface area contributed by atoms with Gasteiger partial charge in [-0.25, -0.2) is 4.98 Å². The summed E-state index contributed by atoms with van der Waals surface area (Å²) in [6, 6.07) is 11.9. The largest absolute Gasteiger partial charge is 0.487 e. The summed E-state index contributed by atoms with van der Waals surface area (Å²) < 4.78 is 47.3. The van der Waals surface area contributed by atoms with Crippen LogP contribution in [0.5, 0.6) is 5.75 Å². The third-order valence-electron chi connectivity index (χ3n) is 4.66. The Morgan fingerprint density at radius 3 is 2.03 bits per heavy atom. The highest BCUT2D eigenvalue weighted by Gasteiger charge is 2.29. The van der Waals surface area contributed by atoms with Gasteiger partial charge in [0.1, 0.15) is 23.8 Å². The van der Waals surface area contributed by atoms with Gasteiger partial charge >= 0.3 is 6.18 Å². The van der Waals surface area contributed by atoms with Gasteiger partial charge in [-0.05, 0) is 61.4 Å². The molecule has 0 atom stereocenters. The van der Waals surface area contributed by atoms with Crippen molar-refractivity contribution in [2.24, 2.45) is 0 Å². The van der Waals surface area contributed by atoms with Gasteiger partial charge in [0, 0.05) is 11.1 Å². The van der Waals surface area contributed by atoms with E-state index < -0.39 is 11.7 Å². The maximum Gasteiger partial charge on any atom is 0.416 e. The van der Waals surface area contributed by atoms with Crippen molar-refractivity contribution in [3.05, 3.63) is 82.6 Å². The van der Waals surface area contributed by atoms with Crippen molar-refractivity contribution in [2.75, 3.05) is 0 Å². The first-order valence-corrected chi connectivity index (χ1v) is 10.3. The molecule has 33 heavy (non-hydrogen) atoms. The second-order valence-electron chi connectivity index (χ2n) is 8.56. The van der Waals surface area contributed by atoms with Crippen LogP contribution in [0.4, 0.5) is 13.2 Å². The number of oxazole rings is 1. The minimum atomic E-state index is -4.30. The molecule has 5 nitrogen and oxygen atoms in total. The zero-order valence-electron chi connectivity index (χ0n) is 19.4. The SMILES string of the molecule is CC(=N)c1ccc(OCc2nc(C(C)(C)C)oc2C)cc1.OCc1ccc(C(F)(F)F)cc1. The zero-order chi connectivity index (χ0) is 24.8. The smallest absolute Gasteiger partial charge is 0.416 e. The number of aliphatic hydroxyl groups excluding tert-OH is 1. The van der Waals surface area contributed by atoms with Gasteiger partial charge in [-0.2, -0.15) is 13.2 Å². The molecular weight excluding hydrogens is 433 g/mol. The number of benzene rings is 2. The normalized spacial score (nSPS) is 11.5. The fraction of sp³-hybridized carbons (Fsp3) is 0.360. The van der Waals surface area contributed by atoms with E-state index in [1.807, 2.05) is 31.2 Å². The van der Waals surface area contributed by atoms with Crippen LogP contribution in [0, 0.1) is 12.3 Å². The van der Waals surface area contributed by atoms with Crippen LogP contribution in [0.2, 0.25) is 0 Å². The van der Waals surface area contributed by atoms with Gasteiger partial charge in [-0.1, -0.05) is 32.9 Å². The Hall–Kier alpha value is -3.13. The summed E-state index contributed by atoms with van der Waals surface area (Å²) in [7, 11) is 0. The molecule has 0 saturated heterocycles. The van der Waals surface area contributed by atoms with Crippen molar-refractivity contribution in [2.45, 2.75) is 59.4 Å². The van der Waals surface area contributed by atoms with Crippen LogP contribution in [-0.2, 0) is 24.8 Å². The van der Waals surface area contributed by atoms with Crippen LogP contribution >= 0.6 is 0 Å². The topological polar surface area (TPSA) is 79.3 Å². The quantitative estimate of drug-likeness (QED) is 0.427. The molecule has 1 aromatic heterocycles. The lowest BCUT2D eigenvalue weighted by Crippen LogP contribution is -2.11. The monoisotopic (exact) mass is 462 g/mol. The average molecular weight is 463 g/mol. The fourth-order valence-corrected chi connectivity index (χ4v) is 2.63. The molecule has 3 rings (SSSR count). The Labute approximate surface area is 191 Å². The van der Waals surface area contributed by atoms with E-state index in [4.69, 9.17) is 19.7 Å². The molecule has 0 unspecified atom stereocenters. The van der Waals surface area contributed by atoms with Gasteiger partial charge in [-0.3, -0.25) is 0 Å². The molecular formula is C25H29F3N2O3. The summed E-state index contributed by atoms with van der Waals surface area (Å²) in [4.78, 5) is 4.52. The molecule has 0 saturated carbocycles. The fourth-order valence-electron chi connectivity index (χ4n) is 2.63. The number of hydrogen-bond acceptors (Lipinski definition) is 5. The predicted octanol–water partition coefficient (Wildman–Crippen LogP) is 6.44. The first kappa shape index (κ1) is 26.1. The second-order valence-corrected chi connectivity index (χ2v) is 8.56. The Bertz CT molecular complexity index is 1050. The maximum atomic E-state index is 12.0. The van der Waals surface area contributed by atoms with E-state index >= 15 is 0 Å². The summed E-state index contributed by atoms with van der Waals surface area (Å²) >= 11 is 0. The lowest BCUT2D eigenvalue weighted by atomic mass is 9.97. The molecule has 0 fully saturated rings. The highest BCUT2D eigenvalue weighted by molar-refractivity contribution is 5.96. The Morgan fingerprint density at radius 1 is 1.03 bits per heavy atom. The molecule has 2 aromatic carbocycles. The van der Waals surface area contributed by atoms with Crippen LogP contribution in [0.15, 0.2) is 52.9 Å². The minimum Gasteiger partial charge on any atom is -0.487 e. The maximum absolute atomic E-state index is 12.0. The number of ether oxygens (including phenoxy) is 1. The molecule has 178 valence electrons. The summed E-state index contributed by atoms with van der Waals surface area (Å²) in [6.07, 6.45) is -4.30. The molecule has 1 heterocycles. The van der Waals surface area contributed by atoms with E-state index in [-0.39, 0.29) is 12.0 Å². The molecule has 0 spiro atoms. The third kappa shape index (κ3) is 7.75. The van der Waals surface area contributed by atoms with Crippen molar-refractivity contribution < 1.29 is 27.4 Å². The molecule has 0 amide bonds. The number of halogens is 3. The third-order valence-corrected chi connectivity index (χ3v) is 4.66. The van der Waals surface area contributed by atoms with Crippen LogP contribution < -0.4 is 4.74 Å². The molecule has 8 heteroatoms. The molecule has 0 radical (unpaired) electrons. The van der Waals surface area contributed by atoms with Crippen molar-refractivity contribution in [1.29, 1.82) is 5.41 Å². The number of hydrogen-bond donors (Lipinski definition) is 2. The van der Waals surface area contributed by atoms with E-state index in [1.165, 1.54) is 12.1 Å². The number of alkyl halides is 3. The average Bonchev–Trinajstić information content (AvgIpc) is 3.13. The predicted molar refractivity (Wildman–Crippen MR) is 121 cm³/mol. The van der Waals surface area contributed by atoms with Gasteiger partial charge in [0.05, 0.1) is 12.2 Å². The Balaban J connectivity index is 0.000000273. The standard InChI is InChI=1S/C17H22N2O2.C8H7F3O/c1-11(18)13-6-8-14(9-7-13)20-10-15-12(2)21-16(19-15)17(3,4)5;9-8(10,11)7-3-1-6(5-12)2-4-7/h6-9,18H,10H2,1-5H3;1-4,12H,5H2. The van der Waals surface area contributed by atoms with E-state index in [0.29, 0.717) is 17.9 Å². The highest BCUT2D eigenvalue weighted by Crippen LogP contribution is 2.29. The van der Waals surface area contributed by atoms with E-state index in [2.05, 4.69) is 25.8 Å². The van der Waals surface area contributed by atoms with E-state index in [1.54, 1.807) is 6.92 Å². The Kier molecular flexibility index (Phi) is 8.44. The van der Waals surface area contributed by atoms with Crippen molar-refractivity contribution >= 4 is 5.71 Å². The number of aromatic nitrogens is 1. The number of rotatable bonds is 5. The van der Waals surface area contributed by atoms with Gasteiger partial charge in [-0.15, -0.1) is 0 Å². The van der Waals surface area contributed by atoms with Crippen LogP contribution in [-0.4, -0.2) is 15.8 Å². The zero-order valence-corrected chi connectivity index (χ0v) is 19.4. The molecule has 0 aliphatic heterocycles. The summed E-state index contributed by atoms with van der Waals surface area (Å²) in [6.45, 7) is 10.0.